The predicted octanol–water partition coefficient (Wildman–Crippen LogP) is 3.11. The Morgan fingerprint density at radius 2 is 1.64 bits per heavy atom. The summed E-state index contributed by atoms with van der Waals surface area (Å²) in [6.07, 6.45) is 7.65. The summed E-state index contributed by atoms with van der Waals surface area (Å²) >= 11 is 0. The summed E-state index contributed by atoms with van der Waals surface area (Å²) in [5.74, 6) is 2.83. The Morgan fingerprint density at radius 3 is 2.36 bits per heavy atom. The lowest BCUT2D eigenvalue weighted by molar-refractivity contribution is -0.233. The van der Waals surface area contributed by atoms with E-state index >= 15 is 0 Å². The molecule has 0 saturated heterocycles. The van der Waals surface area contributed by atoms with Crippen molar-refractivity contribution >= 4 is 0 Å². The molecule has 4 nitrogen and oxygen atoms in total. The van der Waals surface area contributed by atoms with Crippen molar-refractivity contribution in [3.63, 3.8) is 0 Å². The van der Waals surface area contributed by atoms with E-state index in [-0.39, 0.29) is 29.5 Å². The average molecular weight is 393 g/mol. The highest BCUT2D eigenvalue weighted by molar-refractivity contribution is 5.25. The van der Waals surface area contributed by atoms with Gasteiger partial charge in [-0.1, -0.05) is 20.8 Å². The Hall–Kier alpha value is -0.160. The molecule has 5 rings (SSSR count). The van der Waals surface area contributed by atoms with E-state index in [2.05, 4.69) is 20.8 Å². The summed E-state index contributed by atoms with van der Waals surface area (Å²) in [5.41, 5.74) is -1.53. The van der Waals surface area contributed by atoms with Crippen molar-refractivity contribution in [1.29, 1.82) is 0 Å². The van der Waals surface area contributed by atoms with Crippen LogP contribution in [0.15, 0.2) is 0 Å². The number of aliphatic hydroxyl groups excluding tert-OH is 2. The molecule has 0 heterocycles. The summed E-state index contributed by atoms with van der Waals surface area (Å²) in [5, 5.41) is 43.4. The van der Waals surface area contributed by atoms with E-state index in [0.717, 1.165) is 38.5 Å². The third kappa shape index (κ3) is 2.16. The van der Waals surface area contributed by atoms with E-state index in [4.69, 9.17) is 0 Å². The van der Waals surface area contributed by atoms with Gasteiger partial charge in [0.05, 0.1) is 17.3 Å². The molecule has 5 aliphatic carbocycles. The number of hydrogen-bond acceptors (Lipinski definition) is 4. The molecular formula is C24H40O4. The van der Waals surface area contributed by atoms with Crippen LogP contribution in [0, 0.1) is 46.3 Å². The second kappa shape index (κ2) is 5.96. The normalized spacial score (nSPS) is 62.5. The second-order valence-electron chi connectivity index (χ2n) is 11.9. The zero-order valence-electron chi connectivity index (χ0n) is 17.9. The predicted molar refractivity (Wildman–Crippen MR) is 107 cm³/mol. The van der Waals surface area contributed by atoms with Crippen LogP contribution in [0.3, 0.4) is 0 Å². The van der Waals surface area contributed by atoms with E-state index in [1.54, 1.807) is 0 Å². The first-order valence-electron chi connectivity index (χ1n) is 11.9. The summed E-state index contributed by atoms with van der Waals surface area (Å²) < 4.78 is 0. The number of aliphatic hydroxyl groups is 4. The van der Waals surface area contributed by atoms with Crippen LogP contribution in [-0.4, -0.2) is 44.3 Å². The maximum Gasteiger partial charge on any atom is 0.0759 e. The van der Waals surface area contributed by atoms with Crippen molar-refractivity contribution in [2.75, 3.05) is 6.61 Å². The highest BCUT2D eigenvalue weighted by Crippen LogP contribution is 2.77. The van der Waals surface area contributed by atoms with Crippen LogP contribution in [0.4, 0.5) is 0 Å². The lowest BCUT2D eigenvalue weighted by Crippen LogP contribution is -2.65. The van der Waals surface area contributed by atoms with Gasteiger partial charge in [0.2, 0.25) is 0 Å². The van der Waals surface area contributed by atoms with Gasteiger partial charge in [0.1, 0.15) is 0 Å². The maximum absolute atomic E-state index is 11.8. The first-order valence-corrected chi connectivity index (χ1v) is 11.9. The summed E-state index contributed by atoms with van der Waals surface area (Å²) in [4.78, 5) is 0. The quantitative estimate of drug-likeness (QED) is 0.595. The molecule has 11 atom stereocenters. The molecule has 0 aromatic rings. The van der Waals surface area contributed by atoms with Crippen LogP contribution >= 0.6 is 0 Å². The Balaban J connectivity index is 1.51. The van der Waals surface area contributed by atoms with Gasteiger partial charge < -0.3 is 20.4 Å². The fourth-order valence-electron chi connectivity index (χ4n) is 9.50. The third-order valence-corrected chi connectivity index (χ3v) is 11.1. The molecule has 5 aliphatic rings. The average Bonchev–Trinajstić information content (AvgIpc) is 3.41. The Bertz CT molecular complexity index is 653. The molecule has 160 valence electrons. The highest BCUT2D eigenvalue weighted by atomic mass is 16.3. The van der Waals surface area contributed by atoms with Crippen LogP contribution in [0.1, 0.15) is 78.6 Å². The fourth-order valence-corrected chi connectivity index (χ4v) is 9.50. The standard InChI is InChI=1S/C24H40O4/c1-14-11-19-20-16-12-18(16)24(28)13-15(26)5-8-21(24,2)17(20)6-9-22(19,3)23(14,27)7-4-10-25/h14-20,25-28H,4-13H2,1-3H3/t14?,15-,16?,17?,18?,19?,20?,21+,22-,23-,24+/m0/s1. The summed E-state index contributed by atoms with van der Waals surface area (Å²) in [7, 11) is 0. The number of fused-ring (bicyclic) bond motifs is 8. The summed E-state index contributed by atoms with van der Waals surface area (Å²) in [6.45, 7) is 7.03. The van der Waals surface area contributed by atoms with Crippen molar-refractivity contribution in [1.82, 2.24) is 0 Å². The van der Waals surface area contributed by atoms with Gasteiger partial charge in [-0.3, -0.25) is 0 Å². The van der Waals surface area contributed by atoms with E-state index in [1.807, 2.05) is 0 Å². The SMILES string of the molecule is CC1CC2C3C4CC4[C@]4(O)C[C@@H](O)CC[C@]4(C)C3CC[C@]2(C)[C@]1(O)CCCO. The molecule has 28 heavy (non-hydrogen) atoms. The smallest absolute Gasteiger partial charge is 0.0759 e. The molecule has 0 amide bonds. The molecule has 0 bridgehead atoms. The molecule has 0 spiro atoms. The maximum atomic E-state index is 11.8. The van der Waals surface area contributed by atoms with Crippen LogP contribution in [0.25, 0.3) is 0 Å². The molecule has 4 heteroatoms. The molecule has 4 N–H and O–H groups in total. The van der Waals surface area contributed by atoms with Gasteiger partial charge in [0.15, 0.2) is 0 Å². The van der Waals surface area contributed by atoms with E-state index < -0.39 is 11.2 Å². The van der Waals surface area contributed by atoms with Gasteiger partial charge in [0, 0.05) is 13.0 Å². The zero-order valence-corrected chi connectivity index (χ0v) is 17.9. The molecule has 5 saturated carbocycles. The fraction of sp³-hybridized carbons (Fsp3) is 1.00. The van der Waals surface area contributed by atoms with Gasteiger partial charge >= 0.3 is 0 Å². The van der Waals surface area contributed by atoms with Crippen molar-refractivity contribution in [3.8, 4) is 0 Å². The third-order valence-electron chi connectivity index (χ3n) is 11.1. The topological polar surface area (TPSA) is 80.9 Å². The lowest BCUT2D eigenvalue weighted by atomic mass is 9.43. The van der Waals surface area contributed by atoms with E-state index in [0.29, 0.717) is 48.9 Å². The first kappa shape index (κ1) is 19.8. The first-order chi connectivity index (χ1) is 13.1. The Labute approximate surface area is 169 Å². The minimum atomic E-state index is -0.693. The van der Waals surface area contributed by atoms with Crippen LogP contribution in [0.5, 0.6) is 0 Å². The van der Waals surface area contributed by atoms with Crippen LogP contribution in [0.2, 0.25) is 0 Å². The van der Waals surface area contributed by atoms with Gasteiger partial charge in [0.25, 0.3) is 0 Å². The largest absolute Gasteiger partial charge is 0.396 e. The number of rotatable bonds is 3. The molecule has 0 radical (unpaired) electrons. The van der Waals surface area contributed by atoms with Gasteiger partial charge in [-0.05, 0) is 97.7 Å². The zero-order chi connectivity index (χ0) is 20.1. The summed E-state index contributed by atoms with van der Waals surface area (Å²) in [6, 6.07) is 0. The van der Waals surface area contributed by atoms with Crippen molar-refractivity contribution in [2.45, 2.75) is 95.9 Å². The molecule has 0 aromatic heterocycles. The molecular weight excluding hydrogens is 352 g/mol. The molecule has 6 unspecified atom stereocenters. The molecule has 0 aromatic carbocycles. The van der Waals surface area contributed by atoms with Crippen LogP contribution in [-0.2, 0) is 0 Å². The number of hydrogen-bond donors (Lipinski definition) is 4. The molecule has 5 fully saturated rings. The van der Waals surface area contributed by atoms with Crippen molar-refractivity contribution < 1.29 is 20.4 Å². The second-order valence-corrected chi connectivity index (χ2v) is 11.9. The molecule has 0 aliphatic heterocycles. The van der Waals surface area contributed by atoms with Gasteiger partial charge in [-0.15, -0.1) is 0 Å². The highest BCUT2D eigenvalue weighted by Gasteiger charge is 2.76. The van der Waals surface area contributed by atoms with Crippen molar-refractivity contribution in [3.05, 3.63) is 0 Å². The Kier molecular flexibility index (Phi) is 4.21. The van der Waals surface area contributed by atoms with E-state index in [9.17, 15) is 20.4 Å². The van der Waals surface area contributed by atoms with Gasteiger partial charge in [-0.2, -0.15) is 0 Å². The van der Waals surface area contributed by atoms with Gasteiger partial charge in [-0.25, -0.2) is 0 Å². The van der Waals surface area contributed by atoms with E-state index in [1.165, 1.54) is 0 Å². The Morgan fingerprint density at radius 1 is 0.929 bits per heavy atom. The monoisotopic (exact) mass is 392 g/mol. The lowest BCUT2D eigenvalue weighted by Gasteiger charge is -2.64. The minimum absolute atomic E-state index is 0.0735. The van der Waals surface area contributed by atoms with Crippen LogP contribution < -0.4 is 0 Å². The minimum Gasteiger partial charge on any atom is -0.396 e. The van der Waals surface area contributed by atoms with Crippen molar-refractivity contribution in [2.24, 2.45) is 46.3 Å².